The lowest BCUT2D eigenvalue weighted by atomic mass is 10.0. The molecule has 0 radical (unpaired) electrons. The van der Waals surface area contributed by atoms with Crippen molar-refractivity contribution in [3.05, 3.63) is 64.7 Å². The summed E-state index contributed by atoms with van der Waals surface area (Å²) in [4.78, 5) is 1.09. The first kappa shape index (κ1) is 14.4. The molecule has 2 rings (SSSR count). The highest BCUT2D eigenvalue weighted by Crippen LogP contribution is 2.23. The summed E-state index contributed by atoms with van der Waals surface area (Å²) in [7, 11) is 0. The highest BCUT2D eigenvalue weighted by atomic mass is 35.5. The van der Waals surface area contributed by atoms with E-state index in [1.165, 1.54) is 11.1 Å². The fourth-order valence-corrected chi connectivity index (χ4v) is 3.04. The Hall–Kier alpha value is -0.960. The van der Waals surface area contributed by atoms with Gasteiger partial charge in [-0.2, -0.15) is 0 Å². The third-order valence-electron chi connectivity index (χ3n) is 2.96. The van der Waals surface area contributed by atoms with Crippen LogP contribution in [-0.4, -0.2) is 17.0 Å². The van der Waals surface area contributed by atoms with Gasteiger partial charge in [-0.3, -0.25) is 0 Å². The molecule has 0 aromatic heterocycles. The van der Waals surface area contributed by atoms with E-state index in [1.807, 2.05) is 36.4 Å². The van der Waals surface area contributed by atoms with E-state index in [4.69, 9.17) is 11.6 Å². The van der Waals surface area contributed by atoms with Crippen molar-refractivity contribution < 1.29 is 5.11 Å². The fourth-order valence-electron chi connectivity index (χ4n) is 1.90. The zero-order chi connectivity index (χ0) is 13.7. The van der Waals surface area contributed by atoms with E-state index in [2.05, 4.69) is 19.1 Å². The minimum atomic E-state index is -0.343. The van der Waals surface area contributed by atoms with Gasteiger partial charge in [0.05, 0.1) is 6.10 Å². The Kier molecular flexibility index (Phi) is 5.32. The Morgan fingerprint density at radius 3 is 2.68 bits per heavy atom. The Balaban J connectivity index is 1.88. The lowest BCUT2D eigenvalue weighted by Crippen LogP contribution is -2.14. The zero-order valence-electron chi connectivity index (χ0n) is 10.8. The number of aliphatic hydroxyl groups is 1. The van der Waals surface area contributed by atoms with Gasteiger partial charge < -0.3 is 5.11 Å². The third kappa shape index (κ3) is 4.57. The summed E-state index contributed by atoms with van der Waals surface area (Å²) >= 11 is 7.57. The van der Waals surface area contributed by atoms with Crippen LogP contribution in [0.25, 0.3) is 0 Å². The number of hydrogen-bond donors (Lipinski definition) is 1. The molecule has 19 heavy (non-hydrogen) atoms. The average Bonchev–Trinajstić information content (AvgIpc) is 2.39. The van der Waals surface area contributed by atoms with Gasteiger partial charge in [-0.1, -0.05) is 41.9 Å². The van der Waals surface area contributed by atoms with E-state index in [1.54, 1.807) is 11.8 Å². The summed E-state index contributed by atoms with van der Waals surface area (Å²) < 4.78 is 0. The van der Waals surface area contributed by atoms with Crippen molar-refractivity contribution in [3.8, 4) is 0 Å². The van der Waals surface area contributed by atoms with Crippen LogP contribution >= 0.6 is 23.4 Å². The first-order chi connectivity index (χ1) is 9.15. The quantitative estimate of drug-likeness (QED) is 0.827. The summed E-state index contributed by atoms with van der Waals surface area (Å²) in [5.41, 5.74) is 2.44. The Labute approximate surface area is 123 Å². The largest absolute Gasteiger partial charge is 0.392 e. The van der Waals surface area contributed by atoms with Crippen molar-refractivity contribution in [1.82, 2.24) is 0 Å². The molecular weight excluding hydrogens is 276 g/mol. The summed E-state index contributed by atoms with van der Waals surface area (Å²) in [5.74, 6) is 0.675. The van der Waals surface area contributed by atoms with E-state index < -0.39 is 0 Å². The van der Waals surface area contributed by atoms with Gasteiger partial charge in [-0.05, 0) is 42.7 Å². The molecule has 1 N–H and O–H groups in total. The standard InChI is InChI=1S/C16H17ClOS/c1-12-5-2-3-6-13(12)9-15(18)11-19-16-8-4-7-14(17)10-16/h2-8,10,15,18H,9,11H2,1H3. The summed E-state index contributed by atoms with van der Waals surface area (Å²) in [6.07, 6.45) is 0.352. The summed E-state index contributed by atoms with van der Waals surface area (Å²) in [6.45, 7) is 2.08. The van der Waals surface area contributed by atoms with Crippen molar-refractivity contribution >= 4 is 23.4 Å². The predicted octanol–water partition coefficient (Wildman–Crippen LogP) is 4.34. The Bertz CT molecular complexity index is 542. The van der Waals surface area contributed by atoms with Gasteiger partial charge in [-0.25, -0.2) is 0 Å². The molecule has 3 heteroatoms. The molecule has 100 valence electrons. The molecule has 0 saturated heterocycles. The van der Waals surface area contributed by atoms with Gasteiger partial charge in [0.1, 0.15) is 0 Å². The molecule has 2 aromatic rings. The van der Waals surface area contributed by atoms with Gasteiger partial charge in [0.2, 0.25) is 0 Å². The van der Waals surface area contributed by atoms with Crippen LogP contribution in [0, 0.1) is 6.92 Å². The molecule has 1 nitrogen and oxygen atoms in total. The Morgan fingerprint density at radius 1 is 1.16 bits per heavy atom. The molecule has 0 fully saturated rings. The normalized spacial score (nSPS) is 12.4. The minimum Gasteiger partial charge on any atom is -0.392 e. The smallest absolute Gasteiger partial charge is 0.0674 e. The molecule has 0 aliphatic rings. The molecule has 0 bridgehead atoms. The first-order valence-electron chi connectivity index (χ1n) is 6.26. The van der Waals surface area contributed by atoms with E-state index in [9.17, 15) is 5.11 Å². The maximum atomic E-state index is 10.1. The number of halogens is 1. The maximum absolute atomic E-state index is 10.1. The van der Waals surface area contributed by atoms with Crippen LogP contribution in [0.15, 0.2) is 53.4 Å². The van der Waals surface area contributed by atoms with Crippen molar-refractivity contribution in [3.63, 3.8) is 0 Å². The van der Waals surface area contributed by atoms with Crippen molar-refractivity contribution in [2.75, 3.05) is 5.75 Å². The molecular formula is C16H17ClOS. The molecule has 0 saturated carbocycles. The second-order valence-electron chi connectivity index (χ2n) is 4.55. The van der Waals surface area contributed by atoms with E-state index in [-0.39, 0.29) is 6.10 Å². The minimum absolute atomic E-state index is 0.343. The van der Waals surface area contributed by atoms with Crippen LogP contribution in [-0.2, 0) is 6.42 Å². The van der Waals surface area contributed by atoms with Crippen LogP contribution in [0.5, 0.6) is 0 Å². The lowest BCUT2D eigenvalue weighted by Gasteiger charge is -2.12. The third-order valence-corrected chi connectivity index (χ3v) is 4.33. The van der Waals surface area contributed by atoms with Gasteiger partial charge >= 0.3 is 0 Å². The maximum Gasteiger partial charge on any atom is 0.0674 e. The zero-order valence-corrected chi connectivity index (χ0v) is 12.4. The fraction of sp³-hybridized carbons (Fsp3) is 0.250. The van der Waals surface area contributed by atoms with Crippen LogP contribution in [0.2, 0.25) is 5.02 Å². The molecule has 0 spiro atoms. The molecule has 0 aliphatic heterocycles. The molecule has 0 amide bonds. The SMILES string of the molecule is Cc1ccccc1CC(O)CSc1cccc(Cl)c1. The topological polar surface area (TPSA) is 20.2 Å². The number of rotatable bonds is 5. The summed E-state index contributed by atoms with van der Waals surface area (Å²) in [6, 6.07) is 15.9. The predicted molar refractivity (Wildman–Crippen MR) is 83.1 cm³/mol. The highest BCUT2D eigenvalue weighted by Gasteiger charge is 2.08. The number of thioether (sulfide) groups is 1. The van der Waals surface area contributed by atoms with Crippen molar-refractivity contribution in [1.29, 1.82) is 0 Å². The number of hydrogen-bond acceptors (Lipinski definition) is 2. The summed E-state index contributed by atoms with van der Waals surface area (Å²) in [5, 5.41) is 10.8. The van der Waals surface area contributed by atoms with Gasteiger partial charge in [0, 0.05) is 15.7 Å². The van der Waals surface area contributed by atoms with Crippen LogP contribution < -0.4 is 0 Å². The second kappa shape index (κ2) is 6.99. The first-order valence-corrected chi connectivity index (χ1v) is 7.62. The number of benzene rings is 2. The monoisotopic (exact) mass is 292 g/mol. The van der Waals surface area contributed by atoms with E-state index >= 15 is 0 Å². The van der Waals surface area contributed by atoms with Crippen LogP contribution in [0.4, 0.5) is 0 Å². The molecule has 0 aliphatic carbocycles. The van der Waals surface area contributed by atoms with Crippen molar-refractivity contribution in [2.24, 2.45) is 0 Å². The van der Waals surface area contributed by atoms with Gasteiger partial charge in [0.15, 0.2) is 0 Å². The van der Waals surface area contributed by atoms with E-state index in [0.717, 1.165) is 9.92 Å². The van der Waals surface area contributed by atoms with Gasteiger partial charge in [0.25, 0.3) is 0 Å². The average molecular weight is 293 g/mol. The molecule has 0 heterocycles. The number of aliphatic hydroxyl groups excluding tert-OH is 1. The molecule has 1 unspecified atom stereocenters. The van der Waals surface area contributed by atoms with Gasteiger partial charge in [-0.15, -0.1) is 11.8 Å². The second-order valence-corrected chi connectivity index (χ2v) is 6.08. The lowest BCUT2D eigenvalue weighted by molar-refractivity contribution is 0.200. The Morgan fingerprint density at radius 2 is 1.95 bits per heavy atom. The van der Waals surface area contributed by atoms with Crippen molar-refractivity contribution in [2.45, 2.75) is 24.3 Å². The van der Waals surface area contributed by atoms with Crippen LogP contribution in [0.1, 0.15) is 11.1 Å². The molecule has 1 atom stereocenters. The van der Waals surface area contributed by atoms with Crippen LogP contribution in [0.3, 0.4) is 0 Å². The molecule has 2 aromatic carbocycles. The number of aryl methyl sites for hydroxylation is 1. The van der Waals surface area contributed by atoms with E-state index in [0.29, 0.717) is 12.2 Å². The highest BCUT2D eigenvalue weighted by molar-refractivity contribution is 7.99.